The van der Waals surface area contributed by atoms with Gasteiger partial charge in [0.15, 0.2) is 0 Å². The van der Waals surface area contributed by atoms with Crippen molar-refractivity contribution in [2.75, 3.05) is 4.31 Å². The number of nitrogens with one attached hydrogen (secondary N) is 1. The van der Waals surface area contributed by atoms with Crippen molar-refractivity contribution >= 4 is 27.7 Å². The maximum atomic E-state index is 14.2. The summed E-state index contributed by atoms with van der Waals surface area (Å²) < 4.78 is 29.8. The number of phenolic OH excluding ortho intramolecular Hbond substituents is 1. The average molecular weight is 617 g/mol. The van der Waals surface area contributed by atoms with Crippen LogP contribution in [0.25, 0.3) is 6.08 Å². The minimum atomic E-state index is -3.98. The van der Waals surface area contributed by atoms with Crippen LogP contribution < -0.4 is 9.62 Å². The molecule has 228 valence electrons. The molecule has 0 saturated heterocycles. The molecule has 2 N–H and O–H groups in total. The molecule has 0 aromatic heterocycles. The standard InChI is InChI=1S/C38H36N2O4S/c1-27-23-28(2)38(29(3)24-27)45(43,44)40(26-31-11-10-16-35(41)25-31)34-20-17-30(18-21-34)19-22-36(42)39-37(32-12-6-4-7-13-32)33-14-8-5-9-15-33/h4-25,37,41H,26H2,1-3H3,(H,39,42)/b22-19-. The van der Waals surface area contributed by atoms with Crippen LogP contribution in [0.2, 0.25) is 0 Å². The molecule has 1 amide bonds. The normalized spacial score (nSPS) is 11.6. The van der Waals surface area contributed by atoms with Crippen LogP contribution in [0.5, 0.6) is 5.75 Å². The van der Waals surface area contributed by atoms with Gasteiger partial charge in [0.25, 0.3) is 10.0 Å². The van der Waals surface area contributed by atoms with Gasteiger partial charge in [-0.2, -0.15) is 0 Å². The molecule has 0 aliphatic carbocycles. The van der Waals surface area contributed by atoms with Gasteiger partial charge in [0.2, 0.25) is 5.91 Å². The van der Waals surface area contributed by atoms with Gasteiger partial charge in [-0.05, 0) is 84.5 Å². The number of hydrogen-bond donors (Lipinski definition) is 2. The Morgan fingerprint density at radius 2 is 1.36 bits per heavy atom. The Morgan fingerprint density at radius 1 is 0.778 bits per heavy atom. The summed E-state index contributed by atoms with van der Waals surface area (Å²) >= 11 is 0. The van der Waals surface area contributed by atoms with E-state index in [0.717, 1.165) is 22.3 Å². The number of anilines is 1. The van der Waals surface area contributed by atoms with E-state index in [1.807, 2.05) is 79.7 Å². The Labute approximate surface area is 265 Å². The highest BCUT2D eigenvalue weighted by Gasteiger charge is 2.29. The molecule has 0 fully saturated rings. The molecule has 45 heavy (non-hydrogen) atoms. The largest absolute Gasteiger partial charge is 0.508 e. The smallest absolute Gasteiger partial charge is 0.265 e. The molecule has 0 heterocycles. The summed E-state index contributed by atoms with van der Waals surface area (Å²) in [5.74, 6) is -0.191. The number of sulfonamides is 1. The third-order valence-electron chi connectivity index (χ3n) is 7.55. The quantitative estimate of drug-likeness (QED) is 0.158. The Bertz CT molecular complexity index is 1860. The fourth-order valence-corrected chi connectivity index (χ4v) is 7.45. The second-order valence-corrected chi connectivity index (χ2v) is 12.9. The molecule has 0 unspecified atom stereocenters. The topological polar surface area (TPSA) is 86.7 Å². The monoisotopic (exact) mass is 616 g/mol. The highest BCUT2D eigenvalue weighted by Crippen LogP contribution is 2.31. The Hall–Kier alpha value is -5.14. The first kappa shape index (κ1) is 31.3. The first-order chi connectivity index (χ1) is 21.6. The summed E-state index contributed by atoms with van der Waals surface area (Å²) in [7, 11) is -3.98. The summed E-state index contributed by atoms with van der Waals surface area (Å²) in [6.45, 7) is 5.58. The molecule has 0 bridgehead atoms. The SMILES string of the molecule is Cc1cc(C)c(S(=O)(=O)N(Cc2cccc(O)c2)c2ccc(/C=C\C(=O)NC(c3ccccc3)c3ccccc3)cc2)c(C)c1. The number of aryl methyl sites for hydroxylation is 3. The Kier molecular flexibility index (Phi) is 9.50. The van der Waals surface area contributed by atoms with Crippen LogP contribution in [0.1, 0.15) is 45.0 Å². The zero-order chi connectivity index (χ0) is 32.0. The molecule has 0 atom stereocenters. The Morgan fingerprint density at radius 3 is 1.91 bits per heavy atom. The number of carbonyl (C=O) groups is 1. The van der Waals surface area contributed by atoms with E-state index in [-0.39, 0.29) is 29.1 Å². The van der Waals surface area contributed by atoms with E-state index in [1.54, 1.807) is 68.5 Å². The lowest BCUT2D eigenvalue weighted by molar-refractivity contribution is -0.116. The molecule has 0 aliphatic heterocycles. The molecule has 5 aromatic carbocycles. The van der Waals surface area contributed by atoms with Crippen molar-refractivity contribution < 1.29 is 18.3 Å². The van der Waals surface area contributed by atoms with Crippen molar-refractivity contribution in [2.24, 2.45) is 0 Å². The highest BCUT2D eigenvalue weighted by molar-refractivity contribution is 7.92. The second-order valence-electron chi connectivity index (χ2n) is 11.1. The molecular formula is C38H36N2O4S. The fourth-order valence-electron chi connectivity index (χ4n) is 5.58. The first-order valence-corrected chi connectivity index (χ1v) is 16.1. The summed E-state index contributed by atoms with van der Waals surface area (Å²) in [6.07, 6.45) is 3.18. The van der Waals surface area contributed by atoms with Crippen LogP contribution in [0.15, 0.2) is 132 Å². The molecule has 0 spiro atoms. The number of amides is 1. The van der Waals surface area contributed by atoms with Crippen molar-refractivity contribution in [1.29, 1.82) is 0 Å². The maximum Gasteiger partial charge on any atom is 0.265 e. The zero-order valence-corrected chi connectivity index (χ0v) is 26.3. The van der Waals surface area contributed by atoms with Crippen molar-refractivity contribution in [1.82, 2.24) is 5.32 Å². The molecular weight excluding hydrogens is 580 g/mol. The molecule has 6 nitrogen and oxygen atoms in total. The number of hydrogen-bond acceptors (Lipinski definition) is 4. The number of benzene rings is 5. The Balaban J connectivity index is 1.41. The lowest BCUT2D eigenvalue weighted by atomic mass is 9.98. The van der Waals surface area contributed by atoms with Gasteiger partial charge in [0.1, 0.15) is 5.75 Å². The van der Waals surface area contributed by atoms with Crippen molar-refractivity contribution in [3.05, 3.63) is 166 Å². The summed E-state index contributed by atoms with van der Waals surface area (Å²) in [6, 6.07) is 36.6. The van der Waals surface area contributed by atoms with E-state index in [0.29, 0.717) is 22.4 Å². The van der Waals surface area contributed by atoms with Crippen LogP contribution in [0.3, 0.4) is 0 Å². The molecule has 5 rings (SSSR count). The number of nitrogens with zero attached hydrogens (tertiary/aromatic N) is 1. The number of rotatable bonds is 10. The minimum absolute atomic E-state index is 0.0292. The van der Waals surface area contributed by atoms with Gasteiger partial charge in [0.05, 0.1) is 23.2 Å². The molecule has 7 heteroatoms. The average Bonchev–Trinajstić information content (AvgIpc) is 3.02. The lowest BCUT2D eigenvalue weighted by Gasteiger charge is -2.27. The molecule has 0 aliphatic rings. The van der Waals surface area contributed by atoms with Gasteiger partial charge < -0.3 is 10.4 Å². The van der Waals surface area contributed by atoms with E-state index < -0.39 is 10.0 Å². The van der Waals surface area contributed by atoms with Crippen LogP contribution in [-0.4, -0.2) is 19.4 Å². The fraction of sp³-hybridized carbons (Fsp3) is 0.132. The van der Waals surface area contributed by atoms with Crippen LogP contribution in [-0.2, 0) is 21.4 Å². The van der Waals surface area contributed by atoms with Crippen LogP contribution in [0.4, 0.5) is 5.69 Å². The first-order valence-electron chi connectivity index (χ1n) is 14.7. The van der Waals surface area contributed by atoms with E-state index >= 15 is 0 Å². The van der Waals surface area contributed by atoms with Gasteiger partial charge in [-0.15, -0.1) is 0 Å². The third-order valence-corrected chi connectivity index (χ3v) is 9.63. The van der Waals surface area contributed by atoms with E-state index in [2.05, 4.69) is 5.32 Å². The molecule has 5 aromatic rings. The van der Waals surface area contributed by atoms with Crippen LogP contribution in [0, 0.1) is 20.8 Å². The highest BCUT2D eigenvalue weighted by atomic mass is 32.2. The second kappa shape index (κ2) is 13.7. The summed E-state index contributed by atoms with van der Waals surface area (Å²) in [5, 5.41) is 13.2. The van der Waals surface area contributed by atoms with Gasteiger partial charge in [0, 0.05) is 6.08 Å². The van der Waals surface area contributed by atoms with Crippen molar-refractivity contribution in [2.45, 2.75) is 38.3 Å². The van der Waals surface area contributed by atoms with Gasteiger partial charge in [-0.25, -0.2) is 8.42 Å². The van der Waals surface area contributed by atoms with E-state index in [9.17, 15) is 18.3 Å². The van der Waals surface area contributed by atoms with Gasteiger partial charge in [-0.3, -0.25) is 9.10 Å². The van der Waals surface area contributed by atoms with Crippen molar-refractivity contribution in [3.8, 4) is 5.75 Å². The number of aromatic hydroxyl groups is 1. The number of phenols is 1. The lowest BCUT2D eigenvalue weighted by Crippen LogP contribution is -2.31. The zero-order valence-electron chi connectivity index (χ0n) is 25.5. The summed E-state index contributed by atoms with van der Waals surface area (Å²) in [5.41, 5.74) is 6.13. The van der Waals surface area contributed by atoms with Crippen LogP contribution >= 0.6 is 0 Å². The van der Waals surface area contributed by atoms with E-state index in [4.69, 9.17) is 0 Å². The number of carbonyl (C=O) groups excluding carboxylic acids is 1. The minimum Gasteiger partial charge on any atom is -0.508 e. The molecule has 0 saturated carbocycles. The third kappa shape index (κ3) is 7.51. The van der Waals surface area contributed by atoms with Crippen molar-refractivity contribution in [3.63, 3.8) is 0 Å². The predicted molar refractivity (Wildman–Crippen MR) is 180 cm³/mol. The maximum absolute atomic E-state index is 14.2. The van der Waals surface area contributed by atoms with Gasteiger partial charge >= 0.3 is 0 Å². The van der Waals surface area contributed by atoms with E-state index in [1.165, 1.54) is 10.4 Å². The van der Waals surface area contributed by atoms with Gasteiger partial charge in [-0.1, -0.05) is 103 Å². The summed E-state index contributed by atoms with van der Waals surface area (Å²) in [4.78, 5) is 13.3. The molecule has 0 radical (unpaired) electrons. The predicted octanol–water partition coefficient (Wildman–Crippen LogP) is 7.63.